The molecule has 0 atom stereocenters. The van der Waals surface area contributed by atoms with Crippen molar-refractivity contribution in [2.45, 2.75) is 55.4 Å². The Balaban J connectivity index is -0.0000000170. The Labute approximate surface area is 166 Å². The van der Waals surface area contributed by atoms with Crippen molar-refractivity contribution >= 4 is 23.9 Å². The summed E-state index contributed by atoms with van der Waals surface area (Å²) in [6, 6.07) is 0. The molecule has 0 heterocycles. The van der Waals surface area contributed by atoms with Crippen LogP contribution in [-0.4, -0.2) is 44.3 Å². The van der Waals surface area contributed by atoms with Gasteiger partial charge in [0.15, 0.2) is 0 Å². The van der Waals surface area contributed by atoms with Crippen LogP contribution < -0.4 is 0 Å². The number of hydrogen-bond donors (Lipinski definition) is 4. The molecule has 25 heavy (non-hydrogen) atoms. The molecule has 0 amide bonds. The average Bonchev–Trinajstić information content (AvgIpc) is 2.44. The van der Waals surface area contributed by atoms with Gasteiger partial charge in [0.05, 0.1) is 0 Å². The molecule has 0 bridgehead atoms. The molecule has 0 fully saturated rings. The summed E-state index contributed by atoms with van der Waals surface area (Å²) in [4.78, 5) is 36.0. The van der Waals surface area contributed by atoms with Gasteiger partial charge in [-0.15, -0.1) is 0 Å². The zero-order chi connectivity index (χ0) is 22.3. The summed E-state index contributed by atoms with van der Waals surface area (Å²) in [6.45, 7) is 24.3. The first-order valence-electron chi connectivity index (χ1n) is 6.54. The third-order valence-electron chi connectivity index (χ3n) is 0. The first-order valence-corrected chi connectivity index (χ1v) is 6.54. The number of aliphatic carboxylic acids is 4. The number of hydrogen-bond acceptors (Lipinski definition) is 4. The maximum absolute atomic E-state index is 9.00. The Kier molecular flexibility index (Phi) is 213. The van der Waals surface area contributed by atoms with E-state index in [0.29, 0.717) is 0 Å². The minimum Gasteiger partial charge on any atom is -0.481 e. The fourth-order valence-corrected chi connectivity index (χ4v) is 0. The molecular weight excluding hydrogens is 421 g/mol. The molecule has 0 aliphatic carbocycles. The zero-order valence-electron chi connectivity index (χ0n) is 16.6. The van der Waals surface area contributed by atoms with Gasteiger partial charge in [0, 0.05) is 27.7 Å². The molecule has 9 heteroatoms. The molecule has 0 aliphatic rings. The Bertz CT molecular complexity index is 168. The van der Waals surface area contributed by atoms with Crippen LogP contribution >= 0.6 is 0 Å². The Morgan fingerprint density at radius 2 is 0.440 bits per heavy atom. The minimum absolute atomic E-state index is 0. The Morgan fingerprint density at radius 1 is 0.440 bits per heavy atom. The summed E-state index contributed by atoms with van der Waals surface area (Å²) in [5.41, 5.74) is 0. The van der Waals surface area contributed by atoms with Gasteiger partial charge >= 0.3 is 19.5 Å². The Morgan fingerprint density at radius 3 is 0.440 bits per heavy atom. The van der Waals surface area contributed by atoms with Crippen molar-refractivity contribution in [3.05, 3.63) is 27.7 Å². The van der Waals surface area contributed by atoms with Crippen LogP contribution in [0.2, 0.25) is 0 Å². The molecule has 4 N–H and O–H groups in total. The van der Waals surface area contributed by atoms with Crippen LogP contribution in [0, 0.1) is 27.7 Å². The van der Waals surface area contributed by atoms with Crippen LogP contribution in [0.4, 0.5) is 0 Å². The summed E-state index contributed by atoms with van der Waals surface area (Å²) in [5, 5.41) is 29.7. The molecule has 0 rings (SSSR count). The number of carboxylic acid groups (broad SMARTS) is 4. The average molecular weight is 458 g/mol. The van der Waals surface area contributed by atoms with E-state index in [1.807, 2.05) is 0 Å². The standard InChI is InChI=1S/4C2H4O2.4C2H5.Ru/c4*1-2(3)4;4*1-2;/h4*1H3,(H,3,4);4*1H2,2H3;/q;;;;4*-1;+4. The molecule has 0 unspecified atom stereocenters. The number of carboxylic acids is 4. The minimum atomic E-state index is -0.833. The van der Waals surface area contributed by atoms with Crippen LogP contribution in [0.3, 0.4) is 0 Å². The second-order valence-electron chi connectivity index (χ2n) is 2.08. The molecule has 0 aromatic carbocycles. The first kappa shape index (κ1) is 56.6. The molecule has 0 saturated carbocycles. The SMILES string of the molecule is CC(=O)O.CC(=O)O.CC(=O)O.CC(=O)O.[CH2-]C.[CH2-]C.[CH2-]C.[CH2-]C.[Ru+4]. The monoisotopic (exact) mass is 458 g/mol. The second kappa shape index (κ2) is 94.3. The van der Waals surface area contributed by atoms with Gasteiger partial charge in [-0.3, -0.25) is 19.2 Å². The van der Waals surface area contributed by atoms with Crippen molar-refractivity contribution in [2.75, 3.05) is 0 Å². The van der Waals surface area contributed by atoms with Gasteiger partial charge in [0.25, 0.3) is 23.9 Å². The van der Waals surface area contributed by atoms with Crippen molar-refractivity contribution in [1.29, 1.82) is 0 Å². The van der Waals surface area contributed by atoms with Gasteiger partial charge in [-0.2, -0.15) is 27.7 Å². The first-order chi connectivity index (χ1) is 10.9. The molecule has 0 aromatic heterocycles. The predicted octanol–water partition coefficient (Wildman–Crippen LogP) is 3.72. The smallest absolute Gasteiger partial charge is 0.481 e. The topological polar surface area (TPSA) is 149 Å². The van der Waals surface area contributed by atoms with E-state index in [0.717, 1.165) is 27.7 Å². The van der Waals surface area contributed by atoms with Crippen LogP contribution in [0.15, 0.2) is 0 Å². The maximum atomic E-state index is 9.00. The molecule has 156 valence electrons. The van der Waals surface area contributed by atoms with Crippen LogP contribution in [0.25, 0.3) is 0 Å². The maximum Gasteiger partial charge on any atom is 4.00 e. The quantitative estimate of drug-likeness (QED) is 0.318. The normalized spacial score (nSPS) is 4.96. The molecule has 8 nitrogen and oxygen atoms in total. The van der Waals surface area contributed by atoms with Crippen molar-refractivity contribution < 1.29 is 59.1 Å². The Hall–Kier alpha value is -1.50. The van der Waals surface area contributed by atoms with Gasteiger partial charge in [-0.25, -0.2) is 0 Å². The summed E-state index contributed by atoms with van der Waals surface area (Å²) in [6.07, 6.45) is 0. The van der Waals surface area contributed by atoms with Crippen molar-refractivity contribution in [2.24, 2.45) is 0 Å². The summed E-state index contributed by atoms with van der Waals surface area (Å²) < 4.78 is 0. The van der Waals surface area contributed by atoms with Crippen molar-refractivity contribution in [3.63, 3.8) is 0 Å². The van der Waals surface area contributed by atoms with E-state index in [1.165, 1.54) is 0 Å². The summed E-state index contributed by atoms with van der Waals surface area (Å²) in [7, 11) is 0. The van der Waals surface area contributed by atoms with Crippen molar-refractivity contribution in [3.8, 4) is 0 Å². The van der Waals surface area contributed by atoms with E-state index < -0.39 is 23.9 Å². The van der Waals surface area contributed by atoms with E-state index >= 15 is 0 Å². The van der Waals surface area contributed by atoms with E-state index in [1.54, 1.807) is 27.7 Å². The van der Waals surface area contributed by atoms with Gasteiger partial charge in [-0.05, 0) is 0 Å². The molecular formula is C16H36O8Ru. The third-order valence-corrected chi connectivity index (χ3v) is 0. The molecule has 0 spiro atoms. The summed E-state index contributed by atoms with van der Waals surface area (Å²) >= 11 is 0. The van der Waals surface area contributed by atoms with Gasteiger partial charge in [0.2, 0.25) is 0 Å². The van der Waals surface area contributed by atoms with Gasteiger partial charge in [0.1, 0.15) is 0 Å². The largest absolute Gasteiger partial charge is 4.00 e. The number of carbonyl (C=O) groups is 4. The van der Waals surface area contributed by atoms with Gasteiger partial charge in [-0.1, -0.05) is 0 Å². The molecule has 0 saturated heterocycles. The van der Waals surface area contributed by atoms with Crippen LogP contribution in [-0.2, 0) is 38.7 Å². The second-order valence-corrected chi connectivity index (χ2v) is 2.08. The molecule has 0 radical (unpaired) electrons. The van der Waals surface area contributed by atoms with Crippen LogP contribution in [0.1, 0.15) is 55.4 Å². The van der Waals surface area contributed by atoms with E-state index in [4.69, 9.17) is 39.6 Å². The fourth-order valence-electron chi connectivity index (χ4n) is 0. The fraction of sp³-hybridized carbons (Fsp3) is 0.500. The zero-order valence-corrected chi connectivity index (χ0v) is 18.3. The predicted molar refractivity (Wildman–Crippen MR) is 97.4 cm³/mol. The van der Waals surface area contributed by atoms with E-state index in [-0.39, 0.29) is 19.5 Å². The molecule has 0 aromatic rings. The van der Waals surface area contributed by atoms with Gasteiger partial charge < -0.3 is 48.1 Å². The van der Waals surface area contributed by atoms with E-state index in [9.17, 15) is 0 Å². The third kappa shape index (κ3) is 4220. The molecule has 0 aliphatic heterocycles. The van der Waals surface area contributed by atoms with E-state index in [2.05, 4.69) is 27.7 Å². The number of rotatable bonds is 0. The van der Waals surface area contributed by atoms with Crippen LogP contribution in [0.5, 0.6) is 0 Å². The summed E-state index contributed by atoms with van der Waals surface area (Å²) in [5.74, 6) is -3.33. The van der Waals surface area contributed by atoms with Crippen molar-refractivity contribution in [1.82, 2.24) is 0 Å².